The first kappa shape index (κ1) is 8.29. The third-order valence-corrected chi connectivity index (χ3v) is 4.85. The zero-order valence-corrected chi connectivity index (χ0v) is 9.03. The fraction of sp³-hybridized carbons (Fsp3) is 0.300. The summed E-state index contributed by atoms with van der Waals surface area (Å²) in [5.41, 5.74) is 0. The summed E-state index contributed by atoms with van der Waals surface area (Å²) in [7, 11) is 0. The molecule has 0 aromatic heterocycles. The third-order valence-electron chi connectivity index (χ3n) is 1.87. The fourth-order valence-electron chi connectivity index (χ4n) is 1.01. The van der Waals surface area contributed by atoms with Gasteiger partial charge in [0.2, 0.25) is 0 Å². The van der Waals surface area contributed by atoms with Crippen molar-refractivity contribution in [1.82, 2.24) is 0 Å². The monoisotopic (exact) mass is 276 g/mol. The van der Waals surface area contributed by atoms with E-state index in [4.69, 9.17) is 0 Å². The van der Waals surface area contributed by atoms with Gasteiger partial charge in [-0.2, -0.15) is 0 Å². The Balaban J connectivity index is 1.98. The average molecular weight is 274 g/mol. The van der Waals surface area contributed by atoms with Crippen molar-refractivity contribution in [1.29, 1.82) is 0 Å². The molecule has 0 unspecified atom stereocenters. The van der Waals surface area contributed by atoms with Crippen molar-refractivity contribution in [2.45, 2.75) is 12.8 Å². The van der Waals surface area contributed by atoms with E-state index in [0.29, 0.717) is 9.75 Å². The Morgan fingerprint density at radius 2 is 1.92 bits per heavy atom. The molecule has 1 nitrogen and oxygen atoms in total. The number of benzene rings is 1. The van der Waals surface area contributed by atoms with Crippen LogP contribution in [0.15, 0.2) is 30.3 Å². The van der Waals surface area contributed by atoms with Crippen LogP contribution in [0.3, 0.4) is 0 Å². The van der Waals surface area contributed by atoms with Gasteiger partial charge < -0.3 is 0 Å². The van der Waals surface area contributed by atoms with Gasteiger partial charge in [-0.25, -0.2) is 0 Å². The first-order chi connectivity index (χ1) is 5.86. The van der Waals surface area contributed by atoms with Crippen LogP contribution in [0, 0.1) is 5.92 Å². The van der Waals surface area contributed by atoms with Crippen LogP contribution in [0.25, 0.3) is 0 Å². The van der Waals surface area contributed by atoms with E-state index in [2.05, 4.69) is 12.1 Å². The number of hydrogen-bond donors (Lipinski definition) is 0. The van der Waals surface area contributed by atoms with Crippen LogP contribution in [0.5, 0.6) is 0 Å². The van der Waals surface area contributed by atoms with Gasteiger partial charge >= 0.3 is 82.3 Å². The Morgan fingerprint density at radius 3 is 2.50 bits per heavy atom. The van der Waals surface area contributed by atoms with Crippen molar-refractivity contribution >= 4 is 28.4 Å². The summed E-state index contributed by atoms with van der Waals surface area (Å²) in [6, 6.07) is 10.2. The SMILES string of the molecule is O=C([Te]c1ccccc1)C1CC1. The van der Waals surface area contributed by atoms with Gasteiger partial charge in [-0.1, -0.05) is 0 Å². The Bertz CT molecular complexity index is 277. The molecule has 0 amide bonds. The van der Waals surface area contributed by atoms with Gasteiger partial charge in [0.15, 0.2) is 0 Å². The van der Waals surface area contributed by atoms with Gasteiger partial charge in [0.1, 0.15) is 0 Å². The molecular weight excluding hydrogens is 264 g/mol. The van der Waals surface area contributed by atoms with Gasteiger partial charge in [0.05, 0.1) is 0 Å². The van der Waals surface area contributed by atoms with Crippen molar-refractivity contribution in [3.8, 4) is 0 Å². The topological polar surface area (TPSA) is 17.1 Å². The van der Waals surface area contributed by atoms with E-state index < -0.39 is 20.9 Å². The van der Waals surface area contributed by atoms with Gasteiger partial charge in [0.25, 0.3) is 0 Å². The zero-order valence-electron chi connectivity index (χ0n) is 6.69. The van der Waals surface area contributed by atoms with E-state index in [9.17, 15) is 4.79 Å². The van der Waals surface area contributed by atoms with Crippen LogP contribution in [0.4, 0.5) is 0 Å². The average Bonchev–Trinajstić information content (AvgIpc) is 2.88. The van der Waals surface area contributed by atoms with Gasteiger partial charge in [-0.15, -0.1) is 0 Å². The predicted molar refractivity (Wildman–Crippen MR) is 49.6 cm³/mol. The number of carbonyl (C=O) groups is 1. The predicted octanol–water partition coefficient (Wildman–Crippen LogP) is 0.953. The Morgan fingerprint density at radius 1 is 1.25 bits per heavy atom. The molecule has 1 saturated carbocycles. The molecule has 0 radical (unpaired) electrons. The summed E-state index contributed by atoms with van der Waals surface area (Å²) < 4.78 is 1.83. The molecule has 12 heavy (non-hydrogen) atoms. The Labute approximate surface area is 82.2 Å². The molecule has 1 aliphatic carbocycles. The van der Waals surface area contributed by atoms with E-state index in [0.717, 1.165) is 12.8 Å². The summed E-state index contributed by atoms with van der Waals surface area (Å²) in [5.74, 6) is 0.451. The van der Waals surface area contributed by atoms with E-state index in [1.54, 1.807) is 0 Å². The fourth-order valence-corrected chi connectivity index (χ4v) is 3.66. The molecule has 0 N–H and O–H groups in total. The standard InChI is InChI=1S/C10H10OTe/c11-10(8-6-7-8)12-9-4-2-1-3-5-9/h1-5,8H,6-7H2. The van der Waals surface area contributed by atoms with Gasteiger partial charge in [-0.05, 0) is 0 Å². The van der Waals surface area contributed by atoms with Crippen LogP contribution in [0.1, 0.15) is 12.8 Å². The molecule has 0 saturated heterocycles. The second-order valence-electron chi connectivity index (χ2n) is 3.01. The van der Waals surface area contributed by atoms with Crippen molar-refractivity contribution in [3.63, 3.8) is 0 Å². The quantitative estimate of drug-likeness (QED) is 0.750. The van der Waals surface area contributed by atoms with Crippen LogP contribution >= 0.6 is 0 Å². The van der Waals surface area contributed by atoms with Crippen LogP contribution in [-0.4, -0.2) is 24.8 Å². The second kappa shape index (κ2) is 3.60. The minimum absolute atomic E-state index is 0.451. The number of hydrogen-bond acceptors (Lipinski definition) is 1. The van der Waals surface area contributed by atoms with E-state index in [1.165, 1.54) is 3.61 Å². The van der Waals surface area contributed by atoms with E-state index in [1.807, 2.05) is 18.2 Å². The molecule has 0 aliphatic heterocycles. The molecule has 1 fully saturated rings. The molecular formula is C10H10OTe. The first-order valence-electron chi connectivity index (χ1n) is 4.13. The zero-order chi connectivity index (χ0) is 8.39. The molecule has 2 rings (SSSR count). The van der Waals surface area contributed by atoms with Crippen molar-refractivity contribution in [2.24, 2.45) is 5.92 Å². The van der Waals surface area contributed by atoms with Crippen LogP contribution in [-0.2, 0) is 4.79 Å². The Kier molecular flexibility index (Phi) is 2.48. The summed E-state index contributed by atoms with van der Waals surface area (Å²) in [6.45, 7) is 0. The van der Waals surface area contributed by atoms with Gasteiger partial charge in [0, 0.05) is 0 Å². The summed E-state index contributed by atoms with van der Waals surface area (Å²) >= 11 is -0.531. The van der Waals surface area contributed by atoms with Crippen molar-refractivity contribution in [3.05, 3.63) is 30.3 Å². The number of carbonyl (C=O) groups excluding carboxylic acids is 1. The molecule has 62 valence electrons. The maximum absolute atomic E-state index is 11.4. The molecule has 1 aromatic rings. The van der Waals surface area contributed by atoms with Crippen LogP contribution < -0.4 is 3.61 Å². The summed E-state index contributed by atoms with van der Waals surface area (Å²) in [4.78, 5) is 11.4. The molecule has 1 aromatic carbocycles. The third kappa shape index (κ3) is 2.09. The maximum atomic E-state index is 11.4. The van der Waals surface area contributed by atoms with Crippen LogP contribution in [0.2, 0.25) is 0 Å². The number of rotatable bonds is 3. The second-order valence-corrected chi connectivity index (χ2v) is 6.08. The molecule has 1 aliphatic rings. The van der Waals surface area contributed by atoms with Gasteiger partial charge in [-0.3, -0.25) is 0 Å². The molecule has 2 heteroatoms. The normalized spacial score (nSPS) is 16.0. The van der Waals surface area contributed by atoms with Crippen molar-refractivity contribution in [2.75, 3.05) is 0 Å². The molecule has 0 bridgehead atoms. The summed E-state index contributed by atoms with van der Waals surface area (Å²) in [6.07, 6.45) is 2.30. The van der Waals surface area contributed by atoms with E-state index in [-0.39, 0.29) is 0 Å². The first-order valence-corrected chi connectivity index (χ1v) is 6.46. The minimum atomic E-state index is -0.531. The molecule has 0 spiro atoms. The molecule has 0 heterocycles. The molecule has 0 atom stereocenters. The summed E-state index contributed by atoms with van der Waals surface area (Å²) in [5, 5.41) is 0. The van der Waals surface area contributed by atoms with E-state index >= 15 is 0 Å². The Hall–Kier alpha value is -0.320. The van der Waals surface area contributed by atoms with Crippen molar-refractivity contribution < 1.29 is 4.79 Å².